The smallest absolute Gasteiger partial charge is 0.290 e. The molecule has 1 aromatic rings. The predicted molar refractivity (Wildman–Crippen MR) is 46.3 cm³/mol. The van der Waals surface area contributed by atoms with Crippen molar-refractivity contribution in [3.63, 3.8) is 0 Å². The van der Waals surface area contributed by atoms with Crippen LogP contribution in [-0.4, -0.2) is 21.6 Å². The Hall–Kier alpha value is -1.49. The topological polar surface area (TPSA) is 76.3 Å². The summed E-state index contributed by atoms with van der Waals surface area (Å²) in [5.41, 5.74) is 0.644. The molecule has 0 radical (unpaired) electrons. The molecule has 0 unspecified atom stereocenters. The molecule has 1 rings (SSSR count). The van der Waals surface area contributed by atoms with Gasteiger partial charge >= 0.3 is 0 Å². The minimum Gasteiger partial charge on any atom is -0.396 e. The van der Waals surface area contributed by atoms with Crippen LogP contribution in [0.2, 0.25) is 0 Å². The number of aliphatic hydroxyl groups excluding tert-OH is 1. The van der Waals surface area contributed by atoms with Crippen molar-refractivity contribution in [1.82, 2.24) is 4.98 Å². The lowest BCUT2D eigenvalue weighted by atomic mass is 10.1. The van der Waals surface area contributed by atoms with Crippen molar-refractivity contribution in [2.75, 3.05) is 6.61 Å². The van der Waals surface area contributed by atoms with Crippen LogP contribution in [0.15, 0.2) is 18.5 Å². The maximum atomic E-state index is 10.5. The van der Waals surface area contributed by atoms with Gasteiger partial charge in [-0.2, -0.15) is 0 Å². The molecule has 5 nitrogen and oxygen atoms in total. The van der Waals surface area contributed by atoms with Gasteiger partial charge in [0.05, 0.1) is 4.92 Å². The lowest BCUT2D eigenvalue weighted by molar-refractivity contribution is -0.385. The van der Waals surface area contributed by atoms with E-state index in [0.717, 1.165) is 0 Å². The Morgan fingerprint density at radius 1 is 1.62 bits per heavy atom. The first kappa shape index (κ1) is 9.60. The number of rotatable bonds is 4. The molecule has 13 heavy (non-hydrogen) atoms. The highest BCUT2D eigenvalue weighted by Gasteiger charge is 2.11. The van der Waals surface area contributed by atoms with Gasteiger partial charge in [0.25, 0.3) is 5.69 Å². The summed E-state index contributed by atoms with van der Waals surface area (Å²) in [4.78, 5) is 13.7. The summed E-state index contributed by atoms with van der Waals surface area (Å²) in [6.07, 6.45) is 3.78. The summed E-state index contributed by atoms with van der Waals surface area (Å²) in [6.45, 7) is 0.0411. The van der Waals surface area contributed by atoms with E-state index in [9.17, 15) is 10.1 Å². The number of hydrogen-bond donors (Lipinski definition) is 1. The third-order valence-corrected chi connectivity index (χ3v) is 1.69. The fraction of sp³-hybridized carbons (Fsp3) is 0.375. The van der Waals surface area contributed by atoms with E-state index in [2.05, 4.69) is 4.98 Å². The van der Waals surface area contributed by atoms with E-state index < -0.39 is 4.92 Å². The second kappa shape index (κ2) is 4.51. The Balaban J connectivity index is 2.84. The molecule has 0 aliphatic rings. The van der Waals surface area contributed by atoms with Gasteiger partial charge < -0.3 is 5.11 Å². The molecule has 0 aliphatic carbocycles. The van der Waals surface area contributed by atoms with Crippen LogP contribution in [-0.2, 0) is 6.42 Å². The lowest BCUT2D eigenvalue weighted by Crippen LogP contribution is -1.97. The van der Waals surface area contributed by atoms with Gasteiger partial charge in [0, 0.05) is 18.4 Å². The zero-order chi connectivity index (χ0) is 9.68. The third kappa shape index (κ3) is 2.48. The first-order valence-corrected chi connectivity index (χ1v) is 3.94. The van der Waals surface area contributed by atoms with Gasteiger partial charge in [-0.25, -0.2) is 0 Å². The molecule has 0 fully saturated rings. The van der Waals surface area contributed by atoms with Gasteiger partial charge in [0.15, 0.2) is 0 Å². The normalized spacial score (nSPS) is 9.92. The highest BCUT2D eigenvalue weighted by Crippen LogP contribution is 2.17. The van der Waals surface area contributed by atoms with Crippen LogP contribution in [0, 0.1) is 10.1 Å². The first-order valence-electron chi connectivity index (χ1n) is 3.94. The van der Waals surface area contributed by atoms with E-state index in [1.165, 1.54) is 12.4 Å². The van der Waals surface area contributed by atoms with Crippen LogP contribution in [0.4, 0.5) is 5.69 Å². The SMILES string of the molecule is O=[N+]([O-])c1cnccc1CCCO. The van der Waals surface area contributed by atoms with Gasteiger partial charge in [-0.3, -0.25) is 15.1 Å². The molecule has 0 spiro atoms. The molecule has 0 saturated heterocycles. The van der Waals surface area contributed by atoms with Gasteiger partial charge in [-0.1, -0.05) is 0 Å². The Labute approximate surface area is 75.2 Å². The molecule has 5 heteroatoms. The molecule has 1 aromatic heterocycles. The van der Waals surface area contributed by atoms with Crippen LogP contribution in [0.3, 0.4) is 0 Å². The zero-order valence-corrected chi connectivity index (χ0v) is 7.01. The Morgan fingerprint density at radius 2 is 2.38 bits per heavy atom. The van der Waals surface area contributed by atoms with Crippen LogP contribution in [0.1, 0.15) is 12.0 Å². The molecule has 1 N–H and O–H groups in total. The summed E-state index contributed by atoms with van der Waals surface area (Å²) in [5.74, 6) is 0. The van der Waals surface area contributed by atoms with E-state index in [0.29, 0.717) is 18.4 Å². The van der Waals surface area contributed by atoms with Crippen LogP contribution in [0.25, 0.3) is 0 Å². The average Bonchev–Trinajstić information content (AvgIpc) is 2.15. The van der Waals surface area contributed by atoms with E-state index in [1.807, 2.05) is 0 Å². The van der Waals surface area contributed by atoms with Crippen molar-refractivity contribution < 1.29 is 10.0 Å². The van der Waals surface area contributed by atoms with E-state index >= 15 is 0 Å². The van der Waals surface area contributed by atoms with Gasteiger partial charge in [-0.15, -0.1) is 0 Å². The van der Waals surface area contributed by atoms with Gasteiger partial charge in [0.2, 0.25) is 0 Å². The Morgan fingerprint density at radius 3 is 3.00 bits per heavy atom. The molecule has 0 bridgehead atoms. The fourth-order valence-electron chi connectivity index (χ4n) is 1.06. The monoisotopic (exact) mass is 182 g/mol. The van der Waals surface area contributed by atoms with Crippen molar-refractivity contribution in [2.24, 2.45) is 0 Å². The second-order valence-corrected chi connectivity index (χ2v) is 2.59. The minimum atomic E-state index is -0.459. The molecule has 0 aliphatic heterocycles. The number of hydrogen-bond acceptors (Lipinski definition) is 4. The van der Waals surface area contributed by atoms with Crippen LogP contribution < -0.4 is 0 Å². The molecule has 1 heterocycles. The third-order valence-electron chi connectivity index (χ3n) is 1.69. The first-order chi connectivity index (χ1) is 6.25. The summed E-state index contributed by atoms with van der Waals surface area (Å²) in [7, 11) is 0. The Bertz CT molecular complexity index is 301. The van der Waals surface area contributed by atoms with Crippen LogP contribution in [0.5, 0.6) is 0 Å². The number of aromatic nitrogens is 1. The van der Waals surface area contributed by atoms with Crippen molar-refractivity contribution >= 4 is 5.69 Å². The maximum Gasteiger partial charge on any atom is 0.290 e. The molecule has 0 aromatic carbocycles. The van der Waals surface area contributed by atoms with Crippen molar-refractivity contribution in [1.29, 1.82) is 0 Å². The molecule has 0 amide bonds. The lowest BCUT2D eigenvalue weighted by Gasteiger charge is -1.99. The summed E-state index contributed by atoms with van der Waals surface area (Å²) >= 11 is 0. The largest absolute Gasteiger partial charge is 0.396 e. The van der Waals surface area contributed by atoms with Crippen molar-refractivity contribution in [3.05, 3.63) is 34.1 Å². The maximum absolute atomic E-state index is 10.5. The molecule has 70 valence electrons. The zero-order valence-electron chi connectivity index (χ0n) is 7.01. The minimum absolute atomic E-state index is 0.0240. The standard InChI is InChI=1S/C8H10N2O3/c11-5-1-2-7-3-4-9-6-8(7)10(12)13/h3-4,6,11H,1-2,5H2. The van der Waals surface area contributed by atoms with Gasteiger partial charge in [-0.05, 0) is 18.9 Å². The van der Waals surface area contributed by atoms with E-state index in [1.54, 1.807) is 6.07 Å². The highest BCUT2D eigenvalue weighted by atomic mass is 16.6. The van der Waals surface area contributed by atoms with Crippen LogP contribution >= 0.6 is 0 Å². The number of pyridine rings is 1. The van der Waals surface area contributed by atoms with E-state index in [-0.39, 0.29) is 12.3 Å². The Kier molecular flexibility index (Phi) is 3.33. The summed E-state index contributed by atoms with van der Waals surface area (Å²) in [6, 6.07) is 1.60. The number of nitro groups is 1. The van der Waals surface area contributed by atoms with Crippen molar-refractivity contribution in [3.8, 4) is 0 Å². The number of nitrogens with zero attached hydrogens (tertiary/aromatic N) is 2. The molecule has 0 atom stereocenters. The van der Waals surface area contributed by atoms with Gasteiger partial charge in [0.1, 0.15) is 6.20 Å². The highest BCUT2D eigenvalue weighted by molar-refractivity contribution is 5.36. The summed E-state index contributed by atoms with van der Waals surface area (Å²) < 4.78 is 0. The predicted octanol–water partition coefficient (Wildman–Crippen LogP) is 0.915. The number of aliphatic hydroxyl groups is 1. The molecule has 0 saturated carbocycles. The quantitative estimate of drug-likeness (QED) is 0.554. The van der Waals surface area contributed by atoms with E-state index in [4.69, 9.17) is 5.11 Å². The number of aryl methyl sites for hydroxylation is 1. The van der Waals surface area contributed by atoms with Crippen molar-refractivity contribution in [2.45, 2.75) is 12.8 Å². The summed E-state index contributed by atoms with van der Waals surface area (Å²) in [5, 5.41) is 19.1. The molecular formula is C8H10N2O3. The fourth-order valence-corrected chi connectivity index (χ4v) is 1.06. The molecular weight excluding hydrogens is 172 g/mol. The second-order valence-electron chi connectivity index (χ2n) is 2.59. The average molecular weight is 182 g/mol.